The van der Waals surface area contributed by atoms with Crippen molar-refractivity contribution in [2.45, 2.75) is 328 Å². The van der Waals surface area contributed by atoms with Gasteiger partial charge in [-0.15, -0.1) is 0 Å². The van der Waals surface area contributed by atoms with Crippen LogP contribution in [0.2, 0.25) is 0 Å². The van der Waals surface area contributed by atoms with Crippen molar-refractivity contribution >= 4 is 148 Å². The van der Waals surface area contributed by atoms with Crippen LogP contribution in [0.1, 0.15) is 231 Å². The lowest BCUT2D eigenvalue weighted by molar-refractivity contribution is -0.140. The molecule has 56 nitrogen and oxygen atoms in total. The number of amides is 16. The molecule has 0 radical (unpaired) electrons. The molecule has 0 aromatic rings. The van der Waals surface area contributed by atoms with Crippen LogP contribution in [-0.4, -0.2) is 315 Å². The lowest BCUT2D eigenvalue weighted by Gasteiger charge is -2.30. The molecule has 0 saturated heterocycles. The third-order valence-corrected chi connectivity index (χ3v) is 22.7. The zero-order valence-corrected chi connectivity index (χ0v) is 84.1. The summed E-state index contributed by atoms with van der Waals surface area (Å²) in [6.45, 7) is 18.9. The van der Waals surface area contributed by atoms with Gasteiger partial charge in [-0.25, -0.2) is 0 Å². The first kappa shape index (κ1) is 130. The quantitative estimate of drug-likeness (QED) is 0.0153. The standard InChI is InChI=1S/C88H157N29O27/c1-14-45(10)66(82(142)102-40-65(127)128)116-78(138)53(24-20-36-101-88(96)97)105-79(139)58(37-42(4)5)112-76(136)57(28-32-64(125)126)109-81(141)60(39-44(8)9)114-75(135)56(27-31-63(123)124)107-73(133)51(22-18-34-99-86(92)93)111-84(144)68(47(12)16-3)117-77(137)52(23-19-35-100-87(94)95)104-69(129)48(13)103-71(131)54(25-29-61(119)120)108-80(140)59(38-43(6)7)113-74(134)55(26-30-62(121)122)106-72(132)50(21-17-33-98-85(90)91)110-83(143)67(46(11)15-2)115-70(130)49(89)41-118/h42-60,66-68,118H,14-41,89H2,1-13H3,(H,102,142)(H,103,131)(H,104,129)(H,105,139)(H,106,132)(H,107,133)(H,108,140)(H,109,141)(H,110,143)(H,111,144)(H,112,136)(H,113,134)(H,114,135)(H,115,130)(H,116,138)(H,117,137)(H,119,120)(H,121,122)(H,123,124)(H,125,126)(H,127,128)(H4,90,91,98)(H4,92,93,99)(H4,94,95,100)(H4,96,97,101)/t45-,46-,47-,48-,49-,50-,51-,52-,53-,54-,55-,56-,57-,58-,59-,60-,66-,67-,68-/m0/s1. The summed E-state index contributed by atoms with van der Waals surface area (Å²) in [6, 6.07) is -26.0. The van der Waals surface area contributed by atoms with Gasteiger partial charge in [0.05, 0.1) is 6.61 Å². The number of carboxylic acid groups (broad SMARTS) is 5. The summed E-state index contributed by atoms with van der Waals surface area (Å²) in [5.74, 6) is -29.6. The number of guanidine groups is 4. The van der Waals surface area contributed by atoms with Crippen LogP contribution in [0.4, 0.5) is 0 Å². The summed E-state index contributed by atoms with van der Waals surface area (Å²) in [6.07, 6.45) is -6.87. The highest BCUT2D eigenvalue weighted by Gasteiger charge is 2.41. The molecule has 144 heavy (non-hydrogen) atoms. The highest BCUT2D eigenvalue weighted by molar-refractivity contribution is 6.02. The predicted molar refractivity (Wildman–Crippen MR) is 521 cm³/mol. The minimum atomic E-state index is -1.89. The summed E-state index contributed by atoms with van der Waals surface area (Å²) in [7, 11) is 0. The molecular formula is C88H157N29O27. The fourth-order valence-electron chi connectivity index (χ4n) is 14.1. The van der Waals surface area contributed by atoms with Crippen LogP contribution < -0.4 is 135 Å². The van der Waals surface area contributed by atoms with E-state index in [0.717, 1.165) is 6.92 Å². The Kier molecular flexibility index (Phi) is 62.1. The Hall–Kier alpha value is -14.1. The highest BCUT2D eigenvalue weighted by atomic mass is 16.4. The Morgan fingerprint density at radius 3 is 0.674 bits per heavy atom. The second kappa shape index (κ2) is 68.9. The zero-order chi connectivity index (χ0) is 110. The molecular weight excluding hydrogens is 1900 g/mol. The molecule has 0 spiro atoms. The number of aliphatic hydroxyl groups excluding tert-OH is 1. The Balaban J connectivity index is 7.73. The van der Waals surface area contributed by atoms with Gasteiger partial charge in [0.15, 0.2) is 23.8 Å². The number of aliphatic carboxylic acids is 5. The van der Waals surface area contributed by atoms with E-state index in [1.165, 1.54) is 6.92 Å². The predicted octanol–water partition coefficient (Wildman–Crippen LogP) is -7.41. The van der Waals surface area contributed by atoms with Crippen molar-refractivity contribution < 1.29 is 131 Å². The van der Waals surface area contributed by atoms with Crippen LogP contribution in [0.15, 0.2) is 0 Å². The SMILES string of the molecule is CC[C@H](C)[C@H](NC(=O)[C@H](CCCNC(=N)N)NC(=O)[C@H](CC(C)C)NC(=O)[C@H](CCC(=O)O)NC(=O)[C@H](CC(C)C)NC(=O)[C@H](CCC(=O)O)NC(=O)[C@H](CCCNC(=N)N)NC(=O)[C@@H](NC(=O)[C@H](CCCNC(=N)N)NC(=O)[C@H](C)NC(=O)[C@H](CCC(=O)O)NC(=O)[C@H](CC(C)C)NC(=O)[C@H](CCC(=O)O)NC(=O)[C@H](CCCNC(=N)N)NC(=O)[C@@H](NC(=O)[C@@H](N)CO)[C@@H](C)CC)[C@@H](C)CC)C(=O)NCC(=O)O. The Labute approximate surface area is 835 Å². The van der Waals surface area contributed by atoms with Gasteiger partial charge in [0.1, 0.15) is 103 Å². The largest absolute Gasteiger partial charge is 0.481 e. The monoisotopic (exact) mass is 2050 g/mol. The molecule has 19 atom stereocenters. The fraction of sp³-hybridized carbons (Fsp3) is 0.716. The number of aliphatic hydroxyl groups is 1. The van der Waals surface area contributed by atoms with Gasteiger partial charge in [0, 0.05) is 51.9 Å². The molecule has 0 aliphatic rings. The van der Waals surface area contributed by atoms with E-state index in [9.17, 15) is 131 Å². The Morgan fingerprint density at radius 2 is 0.451 bits per heavy atom. The average molecular weight is 2050 g/mol. The number of carboxylic acids is 5. The van der Waals surface area contributed by atoms with E-state index in [0.29, 0.717) is 12.8 Å². The van der Waals surface area contributed by atoms with Gasteiger partial charge >= 0.3 is 29.8 Å². The molecule has 0 bridgehead atoms. The van der Waals surface area contributed by atoms with Crippen LogP contribution >= 0.6 is 0 Å². The molecule has 816 valence electrons. The number of carbonyl (C=O) groups excluding carboxylic acids is 16. The van der Waals surface area contributed by atoms with Crippen molar-refractivity contribution in [2.24, 2.45) is 64.2 Å². The molecule has 0 heterocycles. The first-order valence-electron chi connectivity index (χ1n) is 47.9. The van der Waals surface area contributed by atoms with Gasteiger partial charge in [-0.2, -0.15) is 0 Å². The molecule has 0 aliphatic carbocycles. The number of hydrogen-bond acceptors (Lipinski definition) is 27. The number of rotatable bonds is 74. The van der Waals surface area contributed by atoms with Crippen molar-refractivity contribution in [2.75, 3.05) is 39.3 Å². The zero-order valence-electron chi connectivity index (χ0n) is 84.1. The number of hydrogen-bond donors (Lipinski definition) is 35. The smallest absolute Gasteiger partial charge is 0.322 e. The number of nitrogens with one attached hydrogen (secondary N) is 24. The maximum absolute atomic E-state index is 14.9. The molecule has 0 saturated carbocycles. The van der Waals surface area contributed by atoms with Gasteiger partial charge in [-0.3, -0.25) is 122 Å². The summed E-state index contributed by atoms with van der Waals surface area (Å²) < 4.78 is 0. The fourth-order valence-corrected chi connectivity index (χ4v) is 14.1. The van der Waals surface area contributed by atoms with Crippen LogP contribution in [0.5, 0.6) is 0 Å². The first-order valence-corrected chi connectivity index (χ1v) is 47.9. The topological polar surface area (TPSA) is 946 Å². The van der Waals surface area contributed by atoms with Crippen molar-refractivity contribution in [1.29, 1.82) is 21.6 Å². The molecule has 16 amide bonds. The van der Waals surface area contributed by atoms with E-state index in [1.807, 2.05) is 0 Å². The van der Waals surface area contributed by atoms with E-state index >= 15 is 0 Å². The normalized spacial score (nSPS) is 15.0. The Bertz CT molecular complexity index is 4340. The van der Waals surface area contributed by atoms with Crippen molar-refractivity contribution in [3.05, 3.63) is 0 Å². The third-order valence-electron chi connectivity index (χ3n) is 22.7. The van der Waals surface area contributed by atoms with Gasteiger partial charge in [0.25, 0.3) is 0 Å². The summed E-state index contributed by atoms with van der Waals surface area (Å²) >= 11 is 0. The lowest BCUT2D eigenvalue weighted by Crippen LogP contribution is -2.61. The summed E-state index contributed by atoms with van der Waals surface area (Å²) in [5.41, 5.74) is 27.7. The maximum atomic E-state index is 14.9. The minimum absolute atomic E-state index is 0.0158. The molecule has 0 unspecified atom stereocenters. The van der Waals surface area contributed by atoms with Crippen LogP contribution in [0, 0.1) is 57.1 Å². The summed E-state index contributed by atoms with van der Waals surface area (Å²) in [5, 5.41) is 139. The van der Waals surface area contributed by atoms with Crippen LogP contribution in [-0.2, 0) is 101 Å². The van der Waals surface area contributed by atoms with E-state index in [1.54, 1.807) is 76.2 Å². The summed E-state index contributed by atoms with van der Waals surface area (Å²) in [4.78, 5) is 289. The molecule has 0 aliphatic heterocycles. The van der Waals surface area contributed by atoms with E-state index in [4.69, 9.17) is 50.3 Å². The van der Waals surface area contributed by atoms with Gasteiger partial charge in [0.2, 0.25) is 94.5 Å². The van der Waals surface area contributed by atoms with Gasteiger partial charge < -0.3 is 166 Å². The molecule has 0 aromatic heterocycles. The number of nitrogens with two attached hydrogens (primary N) is 5. The average Bonchev–Trinajstić information content (AvgIpc) is 0.847. The molecule has 40 N–H and O–H groups in total. The lowest BCUT2D eigenvalue weighted by atomic mass is 9.96. The van der Waals surface area contributed by atoms with E-state index in [-0.39, 0.29) is 103 Å². The van der Waals surface area contributed by atoms with Crippen LogP contribution in [0.25, 0.3) is 0 Å². The second-order valence-electron chi connectivity index (χ2n) is 36.5. The molecule has 56 heteroatoms. The van der Waals surface area contributed by atoms with Crippen molar-refractivity contribution in [3.63, 3.8) is 0 Å². The van der Waals surface area contributed by atoms with Gasteiger partial charge in [-0.05, 0) is 139 Å². The minimum Gasteiger partial charge on any atom is -0.481 e. The van der Waals surface area contributed by atoms with E-state index < -0.39 is 345 Å². The van der Waals surface area contributed by atoms with Crippen molar-refractivity contribution in [1.82, 2.24) is 106 Å². The Morgan fingerprint density at radius 1 is 0.250 bits per heavy atom. The van der Waals surface area contributed by atoms with Gasteiger partial charge in [-0.1, -0.05) is 102 Å². The second-order valence-corrected chi connectivity index (χ2v) is 36.5. The van der Waals surface area contributed by atoms with Crippen LogP contribution in [0.3, 0.4) is 0 Å². The third kappa shape index (κ3) is 54.2. The first-order chi connectivity index (χ1) is 67.3. The number of carbonyl (C=O) groups is 21. The van der Waals surface area contributed by atoms with E-state index in [2.05, 4.69) is 106 Å². The highest BCUT2D eigenvalue weighted by Crippen LogP contribution is 2.19. The molecule has 0 rings (SSSR count). The van der Waals surface area contributed by atoms with Crippen molar-refractivity contribution in [3.8, 4) is 0 Å². The maximum Gasteiger partial charge on any atom is 0.322 e. The molecule has 0 fully saturated rings. The molecule has 0 aromatic carbocycles.